The average Bonchev–Trinajstić information content (AvgIpc) is 3.73. The lowest BCUT2D eigenvalue weighted by Gasteiger charge is -2.14. The van der Waals surface area contributed by atoms with Gasteiger partial charge >= 0.3 is 0 Å². The maximum absolute atomic E-state index is 6.08. The molecule has 11 aromatic rings. The van der Waals surface area contributed by atoms with Crippen molar-refractivity contribution in [3.63, 3.8) is 0 Å². The van der Waals surface area contributed by atoms with E-state index in [4.69, 9.17) is 9.40 Å². The Morgan fingerprint density at radius 2 is 0.880 bits per heavy atom. The minimum absolute atomic E-state index is 0.890. The maximum Gasteiger partial charge on any atom is 0.135 e. The molecule has 0 aliphatic rings. The molecule has 0 atom stereocenters. The van der Waals surface area contributed by atoms with Crippen LogP contribution in [0, 0.1) is 0 Å². The van der Waals surface area contributed by atoms with Crippen molar-refractivity contribution in [1.82, 2.24) is 9.55 Å². The first-order chi connectivity index (χ1) is 24.8. The van der Waals surface area contributed by atoms with E-state index in [1.807, 2.05) is 12.1 Å². The van der Waals surface area contributed by atoms with E-state index in [9.17, 15) is 0 Å². The van der Waals surface area contributed by atoms with E-state index in [1.165, 1.54) is 54.1 Å². The van der Waals surface area contributed by atoms with Gasteiger partial charge in [-0.1, -0.05) is 103 Å². The van der Waals surface area contributed by atoms with E-state index in [2.05, 4.69) is 162 Å². The van der Waals surface area contributed by atoms with Crippen LogP contribution >= 0.6 is 0 Å². The van der Waals surface area contributed by atoms with Gasteiger partial charge in [0.15, 0.2) is 0 Å². The largest absolute Gasteiger partial charge is 0.456 e. The lowest BCUT2D eigenvalue weighted by Crippen LogP contribution is -1.94. The lowest BCUT2D eigenvalue weighted by molar-refractivity contribution is 0.669. The summed E-state index contributed by atoms with van der Waals surface area (Å²) in [5.74, 6) is 0. The highest BCUT2D eigenvalue weighted by atomic mass is 16.3. The summed E-state index contributed by atoms with van der Waals surface area (Å²) in [5.41, 5.74) is 9.35. The van der Waals surface area contributed by atoms with Gasteiger partial charge < -0.3 is 8.98 Å². The maximum atomic E-state index is 6.08. The molecule has 0 fully saturated rings. The van der Waals surface area contributed by atoms with Gasteiger partial charge in [0.1, 0.15) is 11.2 Å². The number of rotatable bonds is 3. The third kappa shape index (κ3) is 3.95. The van der Waals surface area contributed by atoms with E-state index in [1.54, 1.807) is 0 Å². The van der Waals surface area contributed by atoms with Gasteiger partial charge in [-0.2, -0.15) is 0 Å². The number of benzene rings is 8. The molecular weight excluding hydrogens is 609 g/mol. The Labute approximate surface area is 287 Å². The number of para-hydroxylation sites is 2. The zero-order valence-electron chi connectivity index (χ0n) is 27.0. The number of pyridine rings is 1. The van der Waals surface area contributed by atoms with Crippen LogP contribution in [0.25, 0.3) is 104 Å². The van der Waals surface area contributed by atoms with Crippen LogP contribution in [0.3, 0.4) is 0 Å². The number of hydrogen-bond acceptors (Lipinski definition) is 2. The molecule has 3 heteroatoms. The predicted octanol–water partition coefficient (Wildman–Crippen LogP) is 12.9. The summed E-state index contributed by atoms with van der Waals surface area (Å²) < 4.78 is 8.49. The second kappa shape index (κ2) is 10.4. The van der Waals surface area contributed by atoms with Crippen LogP contribution in [0.1, 0.15) is 0 Å². The van der Waals surface area contributed by atoms with E-state index < -0.39 is 0 Å². The summed E-state index contributed by atoms with van der Waals surface area (Å²) >= 11 is 0. The Kier molecular flexibility index (Phi) is 5.67. The van der Waals surface area contributed by atoms with Gasteiger partial charge in [0.05, 0.1) is 22.4 Å². The summed E-state index contributed by atoms with van der Waals surface area (Å²) in [5, 5.41) is 12.3. The van der Waals surface area contributed by atoms with Crippen LogP contribution in [0.5, 0.6) is 0 Å². The third-order valence-corrected chi connectivity index (χ3v) is 10.4. The first-order valence-electron chi connectivity index (χ1n) is 17.0. The number of furan rings is 1. The fourth-order valence-electron chi connectivity index (χ4n) is 8.09. The molecule has 0 spiro atoms. The summed E-state index contributed by atoms with van der Waals surface area (Å²) in [6.07, 6.45) is 0. The molecule has 0 amide bonds. The fraction of sp³-hybridized carbons (Fsp3) is 0. The highest BCUT2D eigenvalue weighted by Crippen LogP contribution is 2.39. The molecule has 0 aliphatic heterocycles. The summed E-state index contributed by atoms with van der Waals surface area (Å²) in [7, 11) is 0. The van der Waals surface area contributed by atoms with E-state index in [0.29, 0.717) is 0 Å². The lowest BCUT2D eigenvalue weighted by atomic mass is 9.94. The van der Waals surface area contributed by atoms with E-state index >= 15 is 0 Å². The second-order valence-electron chi connectivity index (χ2n) is 13.1. The molecule has 0 radical (unpaired) electrons. The highest BCUT2D eigenvalue weighted by molar-refractivity contribution is 6.25. The summed E-state index contributed by atoms with van der Waals surface area (Å²) in [6.45, 7) is 0. The van der Waals surface area contributed by atoms with Crippen LogP contribution in [0.15, 0.2) is 174 Å². The Bertz CT molecular complexity index is 3130. The SMILES string of the molecule is c1cc(-c2ccc3oc4ccccc4c3c2)nc(-c2ccc3c(c2)c2ccccc2n3-c2ccc3c4ccccc4c4ccccc4c3c2)c1. The molecule has 0 aliphatic carbocycles. The first kappa shape index (κ1) is 27.3. The molecule has 50 heavy (non-hydrogen) atoms. The average molecular weight is 637 g/mol. The van der Waals surface area contributed by atoms with Crippen molar-refractivity contribution >= 4 is 76.1 Å². The Morgan fingerprint density at radius 3 is 1.62 bits per heavy atom. The Hall–Kier alpha value is -6.71. The van der Waals surface area contributed by atoms with Crippen LogP contribution < -0.4 is 0 Å². The van der Waals surface area contributed by atoms with Crippen LogP contribution in [-0.2, 0) is 0 Å². The number of hydrogen-bond donors (Lipinski definition) is 0. The number of fused-ring (bicyclic) bond motifs is 12. The van der Waals surface area contributed by atoms with Crippen molar-refractivity contribution in [3.8, 4) is 28.2 Å². The van der Waals surface area contributed by atoms with Crippen LogP contribution in [0.4, 0.5) is 0 Å². The van der Waals surface area contributed by atoms with Gasteiger partial charge in [-0.25, -0.2) is 4.98 Å². The fourth-order valence-corrected chi connectivity index (χ4v) is 8.09. The van der Waals surface area contributed by atoms with Crippen molar-refractivity contribution in [2.75, 3.05) is 0 Å². The summed E-state index contributed by atoms with van der Waals surface area (Å²) in [4.78, 5) is 5.19. The monoisotopic (exact) mass is 636 g/mol. The Morgan fingerprint density at radius 1 is 0.340 bits per heavy atom. The standard InChI is InChI=1S/C47H28N2O/c1-2-12-34-32(10-1)33-11-3-4-13-35(33)39-28-31(22-23-36(34)39)49-44-18-7-5-14-37(44)40-26-29(20-24-45(40)49)42-16-9-17-43(48-42)30-21-25-47-41(27-30)38-15-6-8-19-46(38)50-47/h1-28H. The molecule has 0 unspecified atom stereocenters. The minimum Gasteiger partial charge on any atom is -0.456 e. The normalized spacial score (nSPS) is 12.0. The molecule has 0 saturated heterocycles. The van der Waals surface area contributed by atoms with Crippen LogP contribution in [0.2, 0.25) is 0 Å². The zero-order chi connectivity index (χ0) is 32.8. The van der Waals surface area contributed by atoms with Crippen molar-refractivity contribution in [2.24, 2.45) is 0 Å². The van der Waals surface area contributed by atoms with Crippen molar-refractivity contribution in [2.45, 2.75) is 0 Å². The predicted molar refractivity (Wildman–Crippen MR) is 209 cm³/mol. The molecule has 11 rings (SSSR count). The van der Waals surface area contributed by atoms with Gasteiger partial charge in [-0.15, -0.1) is 0 Å². The van der Waals surface area contributed by atoms with Gasteiger partial charge in [-0.05, 0) is 99.0 Å². The van der Waals surface area contributed by atoms with Gasteiger partial charge in [0.25, 0.3) is 0 Å². The van der Waals surface area contributed by atoms with Gasteiger partial charge in [0.2, 0.25) is 0 Å². The number of aromatic nitrogens is 2. The quantitative estimate of drug-likeness (QED) is 0.181. The van der Waals surface area contributed by atoms with Gasteiger partial charge in [0, 0.05) is 38.4 Å². The third-order valence-electron chi connectivity index (χ3n) is 10.4. The molecular formula is C47H28N2O. The molecule has 232 valence electrons. The molecule has 0 N–H and O–H groups in total. The molecule has 8 aromatic carbocycles. The zero-order valence-corrected chi connectivity index (χ0v) is 27.0. The molecule has 3 heterocycles. The molecule has 3 nitrogen and oxygen atoms in total. The molecule has 0 bridgehead atoms. The number of nitrogens with zero attached hydrogens (tertiary/aromatic N) is 2. The molecule has 3 aromatic heterocycles. The first-order valence-corrected chi connectivity index (χ1v) is 17.0. The smallest absolute Gasteiger partial charge is 0.135 e. The van der Waals surface area contributed by atoms with Gasteiger partial charge in [-0.3, -0.25) is 0 Å². The summed E-state index contributed by atoms with van der Waals surface area (Å²) in [6, 6.07) is 60.8. The second-order valence-corrected chi connectivity index (χ2v) is 13.1. The topological polar surface area (TPSA) is 31.0 Å². The minimum atomic E-state index is 0.890. The molecule has 0 saturated carbocycles. The van der Waals surface area contributed by atoms with Crippen LogP contribution in [-0.4, -0.2) is 9.55 Å². The van der Waals surface area contributed by atoms with Crippen molar-refractivity contribution in [3.05, 3.63) is 170 Å². The van der Waals surface area contributed by atoms with E-state index in [-0.39, 0.29) is 0 Å². The Balaban J connectivity index is 1.07. The highest BCUT2D eigenvalue weighted by Gasteiger charge is 2.16. The van der Waals surface area contributed by atoms with Crippen molar-refractivity contribution < 1.29 is 4.42 Å². The van der Waals surface area contributed by atoms with Crippen molar-refractivity contribution in [1.29, 1.82) is 0 Å². The van der Waals surface area contributed by atoms with E-state index in [0.717, 1.165) is 50.1 Å².